The molecule has 2 rings (SSSR count). The van der Waals surface area contributed by atoms with Crippen LogP contribution in [0.5, 0.6) is 0 Å². The molecule has 1 aromatic heterocycles. The number of carbonyl (C=O) groups excluding carboxylic acids is 2. The van der Waals surface area contributed by atoms with Crippen molar-refractivity contribution in [2.45, 2.75) is 64.9 Å². The lowest BCUT2D eigenvalue weighted by Gasteiger charge is -2.39. The zero-order valence-electron chi connectivity index (χ0n) is 16.1. The summed E-state index contributed by atoms with van der Waals surface area (Å²) in [6, 6.07) is 3.25. The number of carbonyl (C=O) groups is 2. The standard InChI is InChI=1S/C19H27NO6/c1-12(2)24-16(22)19(15(21)14-9-8-13(3)25-14)10-7-11-20(19)17(23)26-18(4,5)6/h7-10,12,15,21H,11H2,1-6H3/t15-,19?/m1/s1. The second-order valence-corrected chi connectivity index (χ2v) is 7.62. The molecule has 0 saturated heterocycles. The Hall–Kier alpha value is -2.28. The minimum absolute atomic E-state index is 0.110. The fourth-order valence-corrected chi connectivity index (χ4v) is 2.78. The number of nitrogens with zero attached hydrogens (tertiary/aromatic N) is 1. The Kier molecular flexibility index (Phi) is 5.51. The molecule has 144 valence electrons. The molecule has 0 aromatic carbocycles. The second kappa shape index (κ2) is 7.15. The van der Waals surface area contributed by atoms with Crippen molar-refractivity contribution in [3.8, 4) is 0 Å². The van der Waals surface area contributed by atoms with E-state index in [1.54, 1.807) is 59.8 Å². The van der Waals surface area contributed by atoms with Crippen molar-refractivity contribution >= 4 is 12.1 Å². The van der Waals surface area contributed by atoms with Gasteiger partial charge in [0.15, 0.2) is 5.54 Å². The number of amides is 1. The molecule has 0 radical (unpaired) electrons. The summed E-state index contributed by atoms with van der Waals surface area (Å²) in [5.41, 5.74) is -2.50. The minimum atomic E-state index is -1.75. The van der Waals surface area contributed by atoms with Gasteiger partial charge in [0, 0.05) is 6.54 Å². The number of furan rings is 1. The molecule has 0 saturated carbocycles. The maximum absolute atomic E-state index is 13.0. The molecule has 0 spiro atoms. The van der Waals surface area contributed by atoms with Gasteiger partial charge in [-0.25, -0.2) is 9.59 Å². The van der Waals surface area contributed by atoms with Crippen molar-refractivity contribution in [2.75, 3.05) is 6.54 Å². The zero-order chi connectivity index (χ0) is 19.7. The van der Waals surface area contributed by atoms with E-state index in [-0.39, 0.29) is 12.3 Å². The van der Waals surface area contributed by atoms with Crippen LogP contribution in [0, 0.1) is 6.92 Å². The number of hydrogen-bond acceptors (Lipinski definition) is 6. The van der Waals surface area contributed by atoms with Crippen LogP contribution in [-0.4, -0.2) is 45.9 Å². The van der Waals surface area contributed by atoms with Gasteiger partial charge in [-0.1, -0.05) is 6.08 Å². The molecule has 1 aliphatic heterocycles. The van der Waals surface area contributed by atoms with E-state index in [0.29, 0.717) is 5.76 Å². The maximum Gasteiger partial charge on any atom is 0.411 e. The van der Waals surface area contributed by atoms with E-state index in [9.17, 15) is 14.7 Å². The molecule has 2 heterocycles. The largest absolute Gasteiger partial charge is 0.463 e. The third-order valence-electron chi connectivity index (χ3n) is 3.84. The van der Waals surface area contributed by atoms with Crippen molar-refractivity contribution in [1.29, 1.82) is 0 Å². The molecular weight excluding hydrogens is 338 g/mol. The molecule has 7 heteroatoms. The molecule has 1 unspecified atom stereocenters. The Morgan fingerprint density at radius 3 is 2.46 bits per heavy atom. The minimum Gasteiger partial charge on any atom is -0.463 e. The summed E-state index contributed by atoms with van der Waals surface area (Å²) in [4.78, 5) is 26.8. The molecule has 0 fully saturated rings. The summed E-state index contributed by atoms with van der Waals surface area (Å²) in [7, 11) is 0. The van der Waals surface area contributed by atoms with Crippen LogP contribution < -0.4 is 0 Å². The van der Waals surface area contributed by atoms with Crippen LogP contribution in [0.25, 0.3) is 0 Å². The molecule has 7 nitrogen and oxygen atoms in total. The molecule has 2 atom stereocenters. The second-order valence-electron chi connectivity index (χ2n) is 7.62. The van der Waals surface area contributed by atoms with E-state index in [2.05, 4.69) is 0 Å². The monoisotopic (exact) mass is 365 g/mol. The molecular formula is C19H27NO6. The molecule has 0 aliphatic carbocycles. The van der Waals surface area contributed by atoms with E-state index >= 15 is 0 Å². The van der Waals surface area contributed by atoms with Gasteiger partial charge in [-0.05, 0) is 59.8 Å². The average molecular weight is 365 g/mol. The van der Waals surface area contributed by atoms with Crippen LogP contribution in [-0.2, 0) is 14.3 Å². The maximum atomic E-state index is 13.0. The highest BCUT2D eigenvalue weighted by atomic mass is 16.6. The quantitative estimate of drug-likeness (QED) is 0.651. The summed E-state index contributed by atoms with van der Waals surface area (Å²) in [5, 5.41) is 11.0. The van der Waals surface area contributed by atoms with Gasteiger partial charge in [-0.15, -0.1) is 0 Å². The van der Waals surface area contributed by atoms with E-state index in [1.807, 2.05) is 0 Å². The summed E-state index contributed by atoms with van der Waals surface area (Å²) in [6.45, 7) is 10.4. The smallest absolute Gasteiger partial charge is 0.411 e. The van der Waals surface area contributed by atoms with Crippen LogP contribution in [0.15, 0.2) is 28.7 Å². The first-order valence-electron chi connectivity index (χ1n) is 8.61. The van der Waals surface area contributed by atoms with Crippen LogP contribution in [0.3, 0.4) is 0 Å². The predicted molar refractivity (Wildman–Crippen MR) is 94.4 cm³/mol. The van der Waals surface area contributed by atoms with Gasteiger partial charge in [0.1, 0.15) is 23.2 Å². The van der Waals surface area contributed by atoms with Gasteiger partial charge in [-0.3, -0.25) is 4.90 Å². The Morgan fingerprint density at radius 1 is 1.31 bits per heavy atom. The van der Waals surface area contributed by atoms with Crippen molar-refractivity contribution in [2.24, 2.45) is 0 Å². The highest BCUT2D eigenvalue weighted by Crippen LogP contribution is 2.39. The number of aliphatic hydroxyl groups excluding tert-OH is 1. The number of rotatable bonds is 4. The molecule has 0 bridgehead atoms. The number of ether oxygens (including phenoxy) is 2. The normalized spacial score (nSPS) is 21.2. The highest BCUT2D eigenvalue weighted by Gasteiger charge is 2.56. The number of aliphatic hydroxyl groups is 1. The van der Waals surface area contributed by atoms with E-state index in [1.165, 1.54) is 11.0 Å². The fourth-order valence-electron chi connectivity index (χ4n) is 2.78. The first-order valence-corrected chi connectivity index (χ1v) is 8.61. The predicted octanol–water partition coefficient (Wildman–Crippen LogP) is 3.12. The highest BCUT2D eigenvalue weighted by molar-refractivity contribution is 5.90. The Balaban J connectivity index is 2.47. The Labute approximate surface area is 153 Å². The number of hydrogen-bond donors (Lipinski definition) is 1. The van der Waals surface area contributed by atoms with Crippen molar-refractivity contribution < 1.29 is 28.6 Å². The Bertz CT molecular complexity index is 699. The van der Waals surface area contributed by atoms with E-state index < -0.39 is 35.4 Å². The fraction of sp³-hybridized carbons (Fsp3) is 0.579. The van der Waals surface area contributed by atoms with Gasteiger partial charge in [0.25, 0.3) is 0 Å². The van der Waals surface area contributed by atoms with E-state index in [4.69, 9.17) is 13.9 Å². The lowest BCUT2D eigenvalue weighted by Crippen LogP contribution is -2.58. The van der Waals surface area contributed by atoms with Crippen LogP contribution in [0.1, 0.15) is 52.2 Å². The first-order chi connectivity index (χ1) is 12.0. The van der Waals surface area contributed by atoms with Crippen molar-refractivity contribution in [3.05, 3.63) is 35.8 Å². The third-order valence-corrected chi connectivity index (χ3v) is 3.84. The van der Waals surface area contributed by atoms with Crippen LogP contribution in [0.2, 0.25) is 0 Å². The number of esters is 1. The van der Waals surface area contributed by atoms with Gasteiger partial charge in [-0.2, -0.15) is 0 Å². The van der Waals surface area contributed by atoms with Crippen LogP contribution >= 0.6 is 0 Å². The summed E-state index contributed by atoms with van der Waals surface area (Å²) < 4.78 is 16.3. The lowest BCUT2D eigenvalue weighted by molar-refractivity contribution is -0.165. The molecule has 1 aromatic rings. The zero-order valence-corrected chi connectivity index (χ0v) is 16.1. The Morgan fingerprint density at radius 2 is 1.96 bits per heavy atom. The SMILES string of the molecule is Cc1ccc([C@@H](O)C2(C(=O)OC(C)C)C=CCN2C(=O)OC(C)(C)C)o1. The lowest BCUT2D eigenvalue weighted by atomic mass is 9.90. The van der Waals surface area contributed by atoms with E-state index in [0.717, 1.165) is 0 Å². The topological polar surface area (TPSA) is 89.2 Å². The molecule has 1 amide bonds. The first kappa shape index (κ1) is 20.0. The van der Waals surface area contributed by atoms with Crippen LogP contribution in [0.4, 0.5) is 4.79 Å². The van der Waals surface area contributed by atoms with Gasteiger partial charge in [0.2, 0.25) is 0 Å². The summed E-state index contributed by atoms with van der Waals surface area (Å²) in [6.07, 6.45) is 0.535. The van der Waals surface area contributed by atoms with Crippen molar-refractivity contribution in [3.63, 3.8) is 0 Å². The molecule has 1 aliphatic rings. The third kappa shape index (κ3) is 3.93. The summed E-state index contributed by atoms with van der Waals surface area (Å²) >= 11 is 0. The van der Waals surface area contributed by atoms with Gasteiger partial charge >= 0.3 is 12.1 Å². The van der Waals surface area contributed by atoms with Crippen molar-refractivity contribution in [1.82, 2.24) is 4.90 Å². The van der Waals surface area contributed by atoms with Gasteiger partial charge in [0.05, 0.1) is 6.10 Å². The molecule has 1 N–H and O–H groups in total. The molecule has 26 heavy (non-hydrogen) atoms. The summed E-state index contributed by atoms with van der Waals surface area (Å²) in [5.74, 6) is 0.00852. The number of aryl methyl sites for hydroxylation is 1. The average Bonchev–Trinajstić information content (AvgIpc) is 3.10. The van der Waals surface area contributed by atoms with Gasteiger partial charge < -0.3 is 19.0 Å².